The van der Waals surface area contributed by atoms with Crippen LogP contribution in [0.25, 0.3) is 22.1 Å². The molecule has 5 aromatic rings. The highest BCUT2D eigenvalue weighted by atomic mass is 32.1. The fourth-order valence-electron chi connectivity index (χ4n) is 4.04. The molecule has 2 aromatic heterocycles. The molecule has 5 rings (SSSR count). The summed E-state index contributed by atoms with van der Waals surface area (Å²) >= 11 is 1.29. The summed E-state index contributed by atoms with van der Waals surface area (Å²) in [5.74, 6) is -0.287. The molecule has 40 heavy (non-hydrogen) atoms. The maximum atomic E-state index is 13.2. The van der Waals surface area contributed by atoms with Gasteiger partial charge in [-0.05, 0) is 85.1 Å². The van der Waals surface area contributed by atoms with Crippen molar-refractivity contribution in [1.29, 1.82) is 0 Å². The molecule has 3 aromatic carbocycles. The van der Waals surface area contributed by atoms with Crippen molar-refractivity contribution in [3.8, 4) is 17.2 Å². The third-order valence-electron chi connectivity index (χ3n) is 6.07. The van der Waals surface area contributed by atoms with Gasteiger partial charge in [0.25, 0.3) is 11.5 Å². The summed E-state index contributed by atoms with van der Waals surface area (Å²) < 4.78 is 53.8. The number of anilines is 1. The van der Waals surface area contributed by atoms with Gasteiger partial charge >= 0.3 is 6.36 Å². The second kappa shape index (κ2) is 10.5. The van der Waals surface area contributed by atoms with Crippen LogP contribution in [0.5, 0.6) is 17.2 Å². The monoisotopic (exact) mass is 569 g/mol. The number of thiazole rings is 1. The summed E-state index contributed by atoms with van der Waals surface area (Å²) in [6.07, 6.45) is -3.06. The first-order valence-corrected chi connectivity index (χ1v) is 12.7. The number of rotatable bonds is 7. The smallest absolute Gasteiger partial charge is 0.493 e. The van der Waals surface area contributed by atoms with Gasteiger partial charge in [-0.2, -0.15) is 0 Å². The molecule has 0 spiro atoms. The van der Waals surface area contributed by atoms with Crippen LogP contribution in [0.3, 0.4) is 0 Å². The molecule has 0 unspecified atom stereocenters. The van der Waals surface area contributed by atoms with Gasteiger partial charge in [0.2, 0.25) is 0 Å². The Hall–Kier alpha value is -4.58. The molecule has 0 aliphatic rings. The number of aromatic nitrogens is 2. The average Bonchev–Trinajstić information content (AvgIpc) is 3.38. The minimum absolute atomic E-state index is 0.167. The van der Waals surface area contributed by atoms with Crippen LogP contribution >= 0.6 is 11.3 Å². The fourth-order valence-corrected chi connectivity index (χ4v) is 5.03. The van der Waals surface area contributed by atoms with E-state index in [1.807, 2.05) is 26.0 Å². The highest BCUT2D eigenvalue weighted by molar-refractivity contribution is 7.15. The van der Waals surface area contributed by atoms with Crippen molar-refractivity contribution >= 4 is 45.0 Å². The predicted molar refractivity (Wildman–Crippen MR) is 145 cm³/mol. The summed E-state index contributed by atoms with van der Waals surface area (Å²) in [6.45, 7) is 3.62. The van der Waals surface area contributed by atoms with Gasteiger partial charge in [-0.15, -0.1) is 13.2 Å². The molecule has 12 heteroatoms. The van der Waals surface area contributed by atoms with E-state index in [2.05, 4.69) is 15.0 Å². The number of hydrogen-bond acceptors (Lipinski definition) is 7. The first-order chi connectivity index (χ1) is 19.0. The van der Waals surface area contributed by atoms with Crippen LogP contribution in [0.15, 0.2) is 59.4 Å². The zero-order valence-electron chi connectivity index (χ0n) is 21.5. The lowest BCUT2D eigenvalue weighted by Gasteiger charge is -2.12. The van der Waals surface area contributed by atoms with E-state index in [1.54, 1.807) is 28.7 Å². The van der Waals surface area contributed by atoms with Gasteiger partial charge in [-0.1, -0.05) is 17.4 Å². The van der Waals surface area contributed by atoms with Crippen molar-refractivity contribution < 1.29 is 32.2 Å². The van der Waals surface area contributed by atoms with Crippen molar-refractivity contribution in [2.45, 2.75) is 20.2 Å². The first-order valence-electron chi connectivity index (χ1n) is 11.9. The molecule has 1 amide bonds. The van der Waals surface area contributed by atoms with Crippen molar-refractivity contribution in [3.63, 3.8) is 0 Å². The van der Waals surface area contributed by atoms with Crippen LogP contribution < -0.4 is 29.6 Å². The van der Waals surface area contributed by atoms with Gasteiger partial charge in [-0.25, -0.2) is 9.38 Å². The number of ether oxygens (including phenoxy) is 3. The van der Waals surface area contributed by atoms with Crippen molar-refractivity contribution in [1.82, 2.24) is 9.38 Å². The Balaban J connectivity index is 1.30. The topological polar surface area (TPSA) is 91.2 Å². The molecule has 0 aliphatic heterocycles. The van der Waals surface area contributed by atoms with Crippen molar-refractivity contribution in [2.24, 2.45) is 0 Å². The second-order valence-electron chi connectivity index (χ2n) is 8.89. The highest BCUT2D eigenvalue weighted by Gasteiger charge is 2.31. The van der Waals surface area contributed by atoms with Crippen LogP contribution in [-0.2, 0) is 4.79 Å². The Labute approximate surface area is 229 Å². The van der Waals surface area contributed by atoms with Gasteiger partial charge < -0.3 is 19.5 Å². The zero-order valence-corrected chi connectivity index (χ0v) is 22.3. The lowest BCUT2D eigenvalue weighted by molar-refractivity contribution is -0.274. The Kier molecular flexibility index (Phi) is 7.11. The number of benzene rings is 3. The minimum atomic E-state index is -4.80. The largest absolute Gasteiger partial charge is 0.573 e. The summed E-state index contributed by atoms with van der Waals surface area (Å²) in [4.78, 5) is 30.7. The van der Waals surface area contributed by atoms with Gasteiger partial charge in [0, 0.05) is 5.69 Å². The molecular weight excluding hydrogens is 547 g/mol. The number of halogens is 3. The van der Waals surface area contributed by atoms with Gasteiger partial charge in [-0.3, -0.25) is 9.59 Å². The van der Waals surface area contributed by atoms with Crippen LogP contribution in [0, 0.1) is 13.8 Å². The Morgan fingerprint density at radius 2 is 1.77 bits per heavy atom. The molecule has 0 fully saturated rings. The summed E-state index contributed by atoms with van der Waals surface area (Å²) in [5.41, 5.74) is 4.52. The summed E-state index contributed by atoms with van der Waals surface area (Å²) in [7, 11) is 1.45. The standard InChI is InChI=1S/C28H22F3N3O5S/c1-15-10-20-21(11-16(15)2)34-26(36)24(40-27(34)33-20)13-17-4-9-22(23(12-17)37-3)38-14-25(35)32-18-5-7-19(8-6-18)39-28(29,30)31/h4-13H,14H2,1-3H3,(H,32,35). The number of carbonyl (C=O) groups excluding carboxylic acids is 1. The van der Waals surface area contributed by atoms with Crippen LogP contribution in [0.2, 0.25) is 0 Å². The minimum Gasteiger partial charge on any atom is -0.493 e. The van der Waals surface area contributed by atoms with Crippen LogP contribution in [0.1, 0.15) is 16.7 Å². The van der Waals surface area contributed by atoms with E-state index >= 15 is 0 Å². The number of alkyl halides is 3. The summed E-state index contributed by atoms with van der Waals surface area (Å²) in [6, 6.07) is 13.7. The maximum absolute atomic E-state index is 13.2. The molecule has 0 saturated heterocycles. The first kappa shape index (κ1) is 27.0. The number of amides is 1. The molecule has 0 saturated carbocycles. The van der Waals surface area contributed by atoms with E-state index in [0.717, 1.165) is 34.3 Å². The number of hydrogen-bond donors (Lipinski definition) is 1. The Bertz CT molecular complexity index is 1850. The van der Waals surface area contributed by atoms with E-state index in [1.165, 1.54) is 30.6 Å². The molecule has 206 valence electrons. The number of fused-ring (bicyclic) bond motifs is 3. The second-order valence-corrected chi connectivity index (χ2v) is 9.90. The number of nitrogens with one attached hydrogen (secondary N) is 1. The Morgan fingerprint density at radius 1 is 1.05 bits per heavy atom. The van der Waals surface area contributed by atoms with Gasteiger partial charge in [0.15, 0.2) is 23.1 Å². The van der Waals surface area contributed by atoms with Crippen LogP contribution in [-0.4, -0.2) is 35.4 Å². The fraction of sp³-hybridized carbons (Fsp3) is 0.179. The van der Waals surface area contributed by atoms with Gasteiger partial charge in [0.1, 0.15) is 5.75 Å². The molecule has 0 radical (unpaired) electrons. The van der Waals surface area contributed by atoms with E-state index < -0.39 is 18.0 Å². The zero-order chi connectivity index (χ0) is 28.6. The van der Waals surface area contributed by atoms with E-state index in [9.17, 15) is 22.8 Å². The molecule has 0 atom stereocenters. The average molecular weight is 570 g/mol. The number of carbonyl (C=O) groups is 1. The third-order valence-corrected chi connectivity index (χ3v) is 7.04. The lowest BCUT2D eigenvalue weighted by Crippen LogP contribution is -2.22. The predicted octanol–water partition coefficient (Wildman–Crippen LogP) is 5.00. The molecular formula is C28H22F3N3O5S. The third kappa shape index (κ3) is 5.71. The van der Waals surface area contributed by atoms with E-state index in [4.69, 9.17) is 9.47 Å². The van der Waals surface area contributed by atoms with Gasteiger partial charge in [0.05, 0.1) is 22.7 Å². The molecule has 0 aliphatic carbocycles. The normalized spacial score (nSPS) is 12.2. The molecule has 0 bridgehead atoms. The Morgan fingerprint density at radius 3 is 2.48 bits per heavy atom. The maximum Gasteiger partial charge on any atom is 0.573 e. The highest BCUT2D eigenvalue weighted by Crippen LogP contribution is 2.29. The SMILES string of the molecule is COc1cc(C=c2sc3nc4cc(C)c(C)cc4n3c2=O)ccc1OCC(=O)Nc1ccc(OC(F)(F)F)cc1. The van der Waals surface area contributed by atoms with Crippen LogP contribution in [0.4, 0.5) is 18.9 Å². The molecule has 2 heterocycles. The molecule has 1 N–H and O–H groups in total. The summed E-state index contributed by atoms with van der Waals surface area (Å²) in [5, 5.41) is 2.53. The quantitative estimate of drug-likeness (QED) is 0.297. The van der Waals surface area contributed by atoms with E-state index in [-0.39, 0.29) is 17.9 Å². The number of methoxy groups -OCH3 is 1. The number of aryl methyl sites for hydroxylation is 2. The van der Waals surface area contributed by atoms with Crippen molar-refractivity contribution in [3.05, 3.63) is 86.2 Å². The number of imidazole rings is 1. The molecule has 8 nitrogen and oxygen atoms in total. The lowest BCUT2D eigenvalue weighted by atomic mass is 10.1. The van der Waals surface area contributed by atoms with Crippen molar-refractivity contribution in [2.75, 3.05) is 19.0 Å². The van der Waals surface area contributed by atoms with E-state index in [0.29, 0.717) is 26.6 Å². The number of nitrogens with zero attached hydrogens (tertiary/aromatic N) is 2.